The van der Waals surface area contributed by atoms with Gasteiger partial charge in [-0.05, 0) is 36.4 Å². The van der Waals surface area contributed by atoms with Crippen molar-refractivity contribution in [3.63, 3.8) is 0 Å². The van der Waals surface area contributed by atoms with Gasteiger partial charge in [0.2, 0.25) is 0 Å². The minimum Gasteiger partial charge on any atom is -0.512 e. The molecule has 3 rings (SSSR count). The molecule has 1 heterocycles. The SMILES string of the molecule is CC(=O)/C=C(/C)O.Fc1[c-]c(-c2nccc3ccccc23)c(F)cc1F.[Ir]. The Morgan fingerprint density at radius 1 is 1.11 bits per heavy atom. The molecule has 0 aliphatic heterocycles. The standard InChI is InChI=1S/C15H7F3N.C5H8O2.Ir/c16-12-8-14(18)13(17)7-11(12)15-10-4-2-1-3-9(10)5-6-19-15;1-4(6)3-5(2)7;/h1-6,8H;3,6H,1-2H3;/q-1;;/b;4-3-;. The molecule has 1 aromatic heterocycles. The maximum atomic E-state index is 13.8. The van der Waals surface area contributed by atoms with Crippen molar-refractivity contribution < 1.29 is 43.2 Å². The summed E-state index contributed by atoms with van der Waals surface area (Å²) in [5.41, 5.74) is 0.0743. The van der Waals surface area contributed by atoms with Gasteiger partial charge in [-0.3, -0.25) is 13.6 Å². The van der Waals surface area contributed by atoms with E-state index in [0.29, 0.717) is 11.5 Å². The molecule has 3 aromatic rings. The number of fused-ring (bicyclic) bond motifs is 1. The van der Waals surface area contributed by atoms with Crippen LogP contribution in [0.3, 0.4) is 0 Å². The summed E-state index contributed by atoms with van der Waals surface area (Å²) in [5, 5.41) is 9.86. The van der Waals surface area contributed by atoms with Gasteiger partial charge in [-0.15, -0.1) is 0 Å². The molecule has 0 atom stereocenters. The second kappa shape index (κ2) is 9.99. The van der Waals surface area contributed by atoms with E-state index in [9.17, 15) is 18.0 Å². The maximum absolute atomic E-state index is 13.8. The molecule has 3 nitrogen and oxygen atoms in total. The van der Waals surface area contributed by atoms with E-state index < -0.39 is 17.5 Å². The topological polar surface area (TPSA) is 50.2 Å². The maximum Gasteiger partial charge on any atom is 0.155 e. The van der Waals surface area contributed by atoms with Gasteiger partial charge in [0.1, 0.15) is 0 Å². The Morgan fingerprint density at radius 2 is 1.78 bits per heavy atom. The number of hydrogen-bond donors (Lipinski definition) is 1. The predicted octanol–water partition coefficient (Wildman–Crippen LogP) is 5.15. The van der Waals surface area contributed by atoms with Crippen LogP contribution in [0.2, 0.25) is 0 Å². The average Bonchev–Trinajstić information content (AvgIpc) is 2.57. The first kappa shape index (κ1) is 22.5. The first-order chi connectivity index (χ1) is 12.3. The number of carbonyl (C=O) groups excluding carboxylic acids is 1. The van der Waals surface area contributed by atoms with Gasteiger partial charge in [-0.25, -0.2) is 4.39 Å². The van der Waals surface area contributed by atoms with Gasteiger partial charge in [0.15, 0.2) is 5.78 Å². The first-order valence-electron chi connectivity index (χ1n) is 7.58. The fourth-order valence-electron chi connectivity index (χ4n) is 2.26. The normalized spacial score (nSPS) is 10.6. The second-order valence-corrected chi connectivity index (χ2v) is 5.43. The van der Waals surface area contributed by atoms with Crippen molar-refractivity contribution in [2.75, 3.05) is 0 Å². The van der Waals surface area contributed by atoms with E-state index in [0.717, 1.165) is 5.39 Å². The van der Waals surface area contributed by atoms with Gasteiger partial charge in [-0.1, -0.05) is 42.0 Å². The molecule has 7 heteroatoms. The fraction of sp³-hybridized carbons (Fsp3) is 0.100. The van der Waals surface area contributed by atoms with Crippen LogP contribution >= 0.6 is 0 Å². The number of aliphatic hydroxyl groups is 1. The summed E-state index contributed by atoms with van der Waals surface area (Å²) in [7, 11) is 0. The number of carbonyl (C=O) groups is 1. The van der Waals surface area contributed by atoms with Gasteiger partial charge in [0.25, 0.3) is 0 Å². The number of ketones is 1. The van der Waals surface area contributed by atoms with Gasteiger partial charge in [0.05, 0.1) is 17.4 Å². The third kappa shape index (κ3) is 6.01. The summed E-state index contributed by atoms with van der Waals surface area (Å²) in [6.45, 7) is 2.85. The number of hydrogen-bond acceptors (Lipinski definition) is 3. The number of allylic oxidation sites excluding steroid dienone is 2. The molecule has 1 N–H and O–H groups in total. The fourth-order valence-corrected chi connectivity index (χ4v) is 2.26. The predicted molar refractivity (Wildman–Crippen MR) is 93.0 cm³/mol. The van der Waals surface area contributed by atoms with Crippen LogP contribution in [0.4, 0.5) is 13.2 Å². The number of nitrogens with zero attached hydrogens (tertiary/aromatic N) is 1. The van der Waals surface area contributed by atoms with Gasteiger partial charge < -0.3 is 10.1 Å². The molecule has 0 aliphatic rings. The van der Waals surface area contributed by atoms with E-state index in [1.54, 1.807) is 18.2 Å². The van der Waals surface area contributed by atoms with Crippen LogP contribution < -0.4 is 0 Å². The van der Waals surface area contributed by atoms with Crippen molar-refractivity contribution in [2.45, 2.75) is 13.8 Å². The zero-order valence-corrected chi connectivity index (χ0v) is 16.8. The minimum absolute atomic E-state index is 0. The van der Waals surface area contributed by atoms with Crippen molar-refractivity contribution in [3.8, 4) is 11.3 Å². The Bertz CT molecular complexity index is 981. The Hall–Kier alpha value is -2.50. The molecule has 1 radical (unpaired) electrons. The summed E-state index contributed by atoms with van der Waals surface area (Å²) in [6, 6.07) is 11.5. The van der Waals surface area contributed by atoms with Crippen LogP contribution in [0.5, 0.6) is 0 Å². The molecule has 0 spiro atoms. The zero-order chi connectivity index (χ0) is 19.3. The summed E-state index contributed by atoms with van der Waals surface area (Å²) in [4.78, 5) is 14.1. The molecule has 0 unspecified atom stereocenters. The number of rotatable bonds is 2. The van der Waals surface area contributed by atoms with Gasteiger partial charge in [-0.2, -0.15) is 0 Å². The van der Waals surface area contributed by atoms with E-state index in [1.807, 2.05) is 12.1 Å². The van der Waals surface area contributed by atoms with Crippen LogP contribution in [0.1, 0.15) is 13.8 Å². The van der Waals surface area contributed by atoms with E-state index in [-0.39, 0.29) is 42.9 Å². The number of halogens is 3. The van der Waals surface area contributed by atoms with Crippen molar-refractivity contribution in [3.05, 3.63) is 77.9 Å². The quantitative estimate of drug-likeness (QED) is 0.208. The van der Waals surface area contributed by atoms with E-state index in [4.69, 9.17) is 5.11 Å². The molecule has 0 saturated heterocycles. The Morgan fingerprint density at radius 3 is 2.37 bits per heavy atom. The minimum atomic E-state index is -1.26. The van der Waals surface area contributed by atoms with Crippen molar-refractivity contribution in [1.82, 2.24) is 4.98 Å². The molecule has 0 fully saturated rings. The van der Waals surface area contributed by atoms with Crippen LogP contribution in [-0.4, -0.2) is 15.9 Å². The molecule has 143 valence electrons. The van der Waals surface area contributed by atoms with Crippen LogP contribution in [0.25, 0.3) is 22.0 Å². The number of benzene rings is 2. The Kier molecular flexibility index (Phi) is 8.34. The van der Waals surface area contributed by atoms with Crippen LogP contribution in [-0.2, 0) is 24.9 Å². The molecule has 0 saturated carbocycles. The molecule has 27 heavy (non-hydrogen) atoms. The number of aromatic nitrogens is 1. The number of pyridine rings is 1. The van der Waals surface area contributed by atoms with Crippen molar-refractivity contribution >= 4 is 16.6 Å². The van der Waals surface area contributed by atoms with E-state index in [2.05, 4.69) is 11.1 Å². The first-order valence-corrected chi connectivity index (χ1v) is 7.58. The molecule has 2 aromatic carbocycles. The van der Waals surface area contributed by atoms with Gasteiger partial charge >= 0.3 is 0 Å². The zero-order valence-electron chi connectivity index (χ0n) is 14.4. The summed E-state index contributed by atoms with van der Waals surface area (Å²) >= 11 is 0. The molecule has 0 aliphatic carbocycles. The average molecular weight is 551 g/mol. The monoisotopic (exact) mass is 551 g/mol. The van der Waals surface area contributed by atoms with E-state index in [1.165, 1.54) is 26.1 Å². The third-order valence-electron chi connectivity index (χ3n) is 3.26. The molecular weight excluding hydrogens is 535 g/mol. The van der Waals surface area contributed by atoms with Gasteiger partial charge in [0, 0.05) is 38.2 Å². The third-order valence-corrected chi connectivity index (χ3v) is 3.26. The van der Waals surface area contributed by atoms with Crippen LogP contribution in [0.15, 0.2) is 54.4 Å². The molecular formula is C20H15F3IrNO2-. The number of aliphatic hydroxyl groups excluding tert-OH is 1. The van der Waals surface area contributed by atoms with E-state index >= 15 is 0 Å². The smallest absolute Gasteiger partial charge is 0.155 e. The Balaban J connectivity index is 0.000000395. The largest absolute Gasteiger partial charge is 0.512 e. The summed E-state index contributed by atoms with van der Waals surface area (Å²) in [5.74, 6) is -3.43. The van der Waals surface area contributed by atoms with Crippen molar-refractivity contribution in [1.29, 1.82) is 0 Å². The van der Waals surface area contributed by atoms with Crippen molar-refractivity contribution in [2.24, 2.45) is 0 Å². The second-order valence-electron chi connectivity index (χ2n) is 5.43. The molecule has 0 amide bonds. The summed E-state index contributed by atoms with van der Waals surface area (Å²) in [6.07, 6.45) is 2.66. The Labute approximate surface area is 167 Å². The molecule has 0 bridgehead atoms. The summed E-state index contributed by atoms with van der Waals surface area (Å²) < 4.78 is 39.9. The van der Waals surface area contributed by atoms with Crippen LogP contribution in [0, 0.1) is 23.5 Å².